The van der Waals surface area contributed by atoms with Crippen molar-refractivity contribution in [2.24, 2.45) is 0 Å². The van der Waals surface area contributed by atoms with Crippen LogP contribution in [0.3, 0.4) is 0 Å². The highest BCUT2D eigenvalue weighted by atomic mass is 32.1. The molecule has 0 saturated carbocycles. The largest absolute Gasteiger partial charge is 0.322 e. The lowest BCUT2D eigenvalue weighted by Crippen LogP contribution is -3.27. The molecule has 4 rings (SSSR count). The molecule has 2 aromatic heterocycles. The standard InChI is InChI=1S/C19H24N6S2/c1-15-3-4-18(16(2)11-15)25-19(26)24(20-21-25)14-23-8-6-22(7-9-23)12-17-5-10-27-13-17/h3-5,10-11,13H,6-9,12,14H2,1-2H3/p+2. The second kappa shape index (κ2) is 8.02. The molecule has 2 N–H and O–H groups in total. The van der Waals surface area contributed by atoms with Gasteiger partial charge in [0.05, 0.1) is 5.69 Å². The van der Waals surface area contributed by atoms with E-state index in [2.05, 4.69) is 59.3 Å². The van der Waals surface area contributed by atoms with Crippen LogP contribution in [0.4, 0.5) is 0 Å². The summed E-state index contributed by atoms with van der Waals surface area (Å²) in [6.07, 6.45) is 0. The quantitative estimate of drug-likeness (QED) is 0.608. The molecule has 1 aliphatic rings. The SMILES string of the molecule is Cc1ccc(-n2nnn(C[NH+]3CC[NH+](Cc4ccsc4)CC3)c2=S)c(C)c1. The smallest absolute Gasteiger partial charge is 0.225 e. The van der Waals surface area contributed by atoms with Gasteiger partial charge >= 0.3 is 0 Å². The molecule has 3 heterocycles. The van der Waals surface area contributed by atoms with Crippen molar-refractivity contribution in [2.45, 2.75) is 27.1 Å². The maximum atomic E-state index is 5.65. The summed E-state index contributed by atoms with van der Waals surface area (Å²) in [5.41, 5.74) is 4.87. The predicted octanol–water partition coefficient (Wildman–Crippen LogP) is 0.418. The number of piperazine rings is 1. The van der Waals surface area contributed by atoms with Crippen LogP contribution in [-0.4, -0.2) is 46.0 Å². The van der Waals surface area contributed by atoms with E-state index in [0.29, 0.717) is 4.77 Å². The molecule has 6 nitrogen and oxygen atoms in total. The fourth-order valence-corrected chi connectivity index (χ4v) is 4.66. The molecule has 142 valence electrons. The Labute approximate surface area is 168 Å². The first kappa shape index (κ1) is 18.5. The number of hydrogen-bond acceptors (Lipinski definition) is 4. The molecule has 3 aromatic rings. The van der Waals surface area contributed by atoms with Gasteiger partial charge in [0, 0.05) is 5.56 Å². The van der Waals surface area contributed by atoms with Gasteiger partial charge in [0.1, 0.15) is 32.7 Å². The van der Waals surface area contributed by atoms with Crippen LogP contribution >= 0.6 is 23.6 Å². The van der Waals surface area contributed by atoms with Crippen LogP contribution in [0.25, 0.3) is 5.69 Å². The molecule has 1 aromatic carbocycles. The fourth-order valence-electron chi connectivity index (χ4n) is 3.75. The Hall–Kier alpha value is -1.87. The minimum atomic E-state index is 0.669. The van der Waals surface area contributed by atoms with Crippen LogP contribution in [0.15, 0.2) is 35.0 Å². The fraction of sp³-hybridized carbons (Fsp3) is 0.421. The summed E-state index contributed by atoms with van der Waals surface area (Å²) in [6.45, 7) is 10.7. The summed E-state index contributed by atoms with van der Waals surface area (Å²) in [5, 5.41) is 13.1. The minimum Gasteiger partial charge on any atom is -0.322 e. The van der Waals surface area contributed by atoms with Crippen molar-refractivity contribution in [2.75, 3.05) is 26.2 Å². The molecule has 27 heavy (non-hydrogen) atoms. The zero-order chi connectivity index (χ0) is 18.8. The van der Waals surface area contributed by atoms with Gasteiger partial charge in [-0.1, -0.05) is 17.7 Å². The maximum absolute atomic E-state index is 5.65. The van der Waals surface area contributed by atoms with Crippen molar-refractivity contribution in [3.63, 3.8) is 0 Å². The van der Waals surface area contributed by atoms with Crippen LogP contribution in [0, 0.1) is 18.6 Å². The average molecular weight is 403 g/mol. The molecular weight excluding hydrogens is 376 g/mol. The van der Waals surface area contributed by atoms with Gasteiger partial charge in [0.2, 0.25) is 4.77 Å². The van der Waals surface area contributed by atoms with Crippen LogP contribution in [0.5, 0.6) is 0 Å². The number of rotatable bonds is 5. The van der Waals surface area contributed by atoms with E-state index >= 15 is 0 Å². The number of quaternary nitrogens is 2. The highest BCUT2D eigenvalue weighted by Crippen LogP contribution is 2.14. The molecule has 0 spiro atoms. The Morgan fingerprint density at radius 2 is 1.85 bits per heavy atom. The Bertz CT molecular complexity index is 951. The number of benzene rings is 1. The van der Waals surface area contributed by atoms with E-state index in [1.54, 1.807) is 20.9 Å². The molecule has 1 aliphatic heterocycles. The van der Waals surface area contributed by atoms with E-state index in [1.165, 1.54) is 29.1 Å². The van der Waals surface area contributed by atoms with Gasteiger partial charge in [-0.05, 0) is 64.9 Å². The summed E-state index contributed by atoms with van der Waals surface area (Å²) >= 11 is 7.44. The monoisotopic (exact) mass is 402 g/mol. The highest BCUT2D eigenvalue weighted by molar-refractivity contribution is 7.71. The molecule has 1 saturated heterocycles. The Morgan fingerprint density at radius 1 is 1.07 bits per heavy atom. The van der Waals surface area contributed by atoms with Crippen molar-refractivity contribution in [3.05, 3.63) is 56.5 Å². The highest BCUT2D eigenvalue weighted by Gasteiger charge is 2.24. The van der Waals surface area contributed by atoms with Crippen molar-refractivity contribution in [3.8, 4) is 5.69 Å². The van der Waals surface area contributed by atoms with E-state index in [4.69, 9.17) is 12.2 Å². The lowest BCUT2D eigenvalue weighted by atomic mass is 10.1. The van der Waals surface area contributed by atoms with Gasteiger partial charge in [-0.3, -0.25) is 0 Å². The lowest BCUT2D eigenvalue weighted by molar-refractivity contribution is -1.03. The molecular formula is C19H26N6S2+2. The first-order chi connectivity index (χ1) is 13.1. The van der Waals surface area contributed by atoms with E-state index in [0.717, 1.165) is 37.6 Å². The van der Waals surface area contributed by atoms with Crippen molar-refractivity contribution in [1.82, 2.24) is 19.8 Å². The normalized spacial score (nSPS) is 20.1. The third kappa shape index (κ3) is 4.19. The van der Waals surface area contributed by atoms with E-state index in [-0.39, 0.29) is 0 Å². The van der Waals surface area contributed by atoms with Crippen LogP contribution < -0.4 is 9.80 Å². The van der Waals surface area contributed by atoms with Gasteiger partial charge in [0.25, 0.3) is 0 Å². The van der Waals surface area contributed by atoms with E-state index in [1.807, 2.05) is 4.68 Å². The van der Waals surface area contributed by atoms with Gasteiger partial charge in [-0.2, -0.15) is 20.7 Å². The number of tetrazole rings is 1. The molecule has 0 bridgehead atoms. The Morgan fingerprint density at radius 3 is 2.56 bits per heavy atom. The number of aromatic nitrogens is 4. The average Bonchev–Trinajstić information content (AvgIpc) is 3.28. The number of hydrogen-bond donors (Lipinski definition) is 2. The van der Waals surface area contributed by atoms with Gasteiger partial charge in [-0.25, -0.2) is 0 Å². The zero-order valence-electron chi connectivity index (χ0n) is 15.8. The number of nitrogens with one attached hydrogen (secondary N) is 2. The zero-order valence-corrected chi connectivity index (χ0v) is 17.4. The topological polar surface area (TPSA) is 44.5 Å². The van der Waals surface area contributed by atoms with Crippen LogP contribution in [0.1, 0.15) is 16.7 Å². The molecule has 0 aliphatic carbocycles. The summed E-state index contributed by atoms with van der Waals surface area (Å²) in [7, 11) is 0. The third-order valence-electron chi connectivity index (χ3n) is 5.29. The molecule has 0 radical (unpaired) electrons. The lowest BCUT2D eigenvalue weighted by Gasteiger charge is -2.29. The Kier molecular flexibility index (Phi) is 5.49. The van der Waals surface area contributed by atoms with E-state index in [9.17, 15) is 0 Å². The summed E-state index contributed by atoms with van der Waals surface area (Å²) in [4.78, 5) is 3.19. The number of thiophene rings is 1. The first-order valence-electron chi connectivity index (χ1n) is 9.39. The number of aryl methyl sites for hydroxylation is 2. The van der Waals surface area contributed by atoms with Gasteiger partial charge in [0.15, 0.2) is 6.67 Å². The summed E-state index contributed by atoms with van der Waals surface area (Å²) in [5.74, 6) is 0. The molecule has 8 heteroatoms. The summed E-state index contributed by atoms with van der Waals surface area (Å²) in [6, 6.07) is 8.54. The van der Waals surface area contributed by atoms with Crippen LogP contribution in [-0.2, 0) is 13.2 Å². The minimum absolute atomic E-state index is 0.669. The van der Waals surface area contributed by atoms with Crippen LogP contribution in [0.2, 0.25) is 0 Å². The first-order valence-corrected chi connectivity index (χ1v) is 10.7. The molecule has 0 unspecified atom stereocenters. The second-order valence-corrected chi connectivity index (χ2v) is 8.57. The van der Waals surface area contributed by atoms with Gasteiger partial charge < -0.3 is 9.80 Å². The van der Waals surface area contributed by atoms with Crippen molar-refractivity contribution < 1.29 is 9.80 Å². The Balaban J connectivity index is 1.39. The number of nitrogens with zero attached hydrogens (tertiary/aromatic N) is 4. The maximum Gasteiger partial charge on any atom is 0.225 e. The molecule has 0 atom stereocenters. The predicted molar refractivity (Wildman–Crippen MR) is 109 cm³/mol. The molecule has 1 fully saturated rings. The van der Waals surface area contributed by atoms with Crippen molar-refractivity contribution in [1.29, 1.82) is 0 Å². The molecule has 0 amide bonds. The summed E-state index contributed by atoms with van der Waals surface area (Å²) < 4.78 is 4.32. The van der Waals surface area contributed by atoms with Gasteiger partial charge in [-0.15, -0.1) is 0 Å². The second-order valence-electron chi connectivity index (χ2n) is 7.43. The van der Waals surface area contributed by atoms with Crippen molar-refractivity contribution >= 4 is 23.6 Å². The van der Waals surface area contributed by atoms with E-state index < -0.39 is 0 Å². The third-order valence-corrected chi connectivity index (χ3v) is 6.41.